The Kier molecular flexibility index (Phi) is 6.37. The first-order valence-electron chi connectivity index (χ1n) is 8.46. The zero-order valence-electron chi connectivity index (χ0n) is 14.5. The number of hydrogen-bond donors (Lipinski definition) is 1. The van der Waals surface area contributed by atoms with E-state index >= 15 is 0 Å². The van der Waals surface area contributed by atoms with Crippen LogP contribution in [0.1, 0.15) is 20.7 Å². The number of allylic oxidation sites excluding steroid dienone is 1. The summed E-state index contributed by atoms with van der Waals surface area (Å²) in [6.07, 6.45) is 1.55. The summed E-state index contributed by atoms with van der Waals surface area (Å²) in [4.78, 5) is 26.4. The van der Waals surface area contributed by atoms with Crippen molar-refractivity contribution in [3.05, 3.63) is 81.6 Å². The Morgan fingerprint density at radius 1 is 1.00 bits per heavy atom. The number of ether oxygens (including phenoxy) is 1. The molecule has 1 N–H and O–H groups in total. The Morgan fingerprint density at radius 3 is 2.22 bits per heavy atom. The minimum Gasteiger partial charge on any atom is -0.460 e. The quantitative estimate of drug-likeness (QED) is 0.450. The summed E-state index contributed by atoms with van der Waals surface area (Å²) in [7, 11) is 0. The maximum Gasteiger partial charge on any atom is 0.338 e. The molecule has 1 aliphatic rings. The largest absolute Gasteiger partial charge is 0.460 e. The van der Waals surface area contributed by atoms with E-state index in [0.29, 0.717) is 27.7 Å². The summed E-state index contributed by atoms with van der Waals surface area (Å²) < 4.78 is 5.30. The van der Waals surface area contributed by atoms with Gasteiger partial charge in [-0.2, -0.15) is 0 Å². The second-order valence-corrected chi connectivity index (χ2v) is 6.83. The van der Waals surface area contributed by atoms with Crippen molar-refractivity contribution in [3.8, 4) is 0 Å². The molecule has 0 spiro atoms. The summed E-state index contributed by atoms with van der Waals surface area (Å²) in [6, 6.07) is 13.3. The van der Waals surface area contributed by atoms with Crippen LogP contribution in [0.5, 0.6) is 0 Å². The number of rotatable bonds is 6. The van der Waals surface area contributed by atoms with Gasteiger partial charge in [0.15, 0.2) is 5.78 Å². The number of nitrogens with one attached hydrogen (secondary N) is 1. The zero-order valence-corrected chi connectivity index (χ0v) is 16.0. The maximum atomic E-state index is 12.4. The molecule has 0 bridgehead atoms. The lowest BCUT2D eigenvalue weighted by Crippen LogP contribution is -2.26. The molecule has 0 radical (unpaired) electrons. The van der Waals surface area contributed by atoms with Crippen molar-refractivity contribution in [2.75, 3.05) is 26.2 Å². The number of hydrogen-bond acceptors (Lipinski definition) is 5. The van der Waals surface area contributed by atoms with Crippen LogP contribution in [0.15, 0.2) is 60.4 Å². The van der Waals surface area contributed by atoms with Crippen LogP contribution in [0.25, 0.3) is 0 Å². The van der Waals surface area contributed by atoms with Gasteiger partial charge in [0.25, 0.3) is 0 Å². The Labute approximate surface area is 167 Å². The predicted molar refractivity (Wildman–Crippen MR) is 105 cm³/mol. The van der Waals surface area contributed by atoms with Gasteiger partial charge < -0.3 is 15.0 Å². The highest BCUT2D eigenvalue weighted by Crippen LogP contribution is 2.14. The molecule has 2 aromatic carbocycles. The molecular weight excluding hydrogens is 387 g/mol. The summed E-state index contributed by atoms with van der Waals surface area (Å²) in [5.74, 6) is 0.207. The Balaban J connectivity index is 1.55. The third kappa shape index (κ3) is 5.25. The van der Waals surface area contributed by atoms with Crippen LogP contribution in [0.3, 0.4) is 0 Å². The van der Waals surface area contributed by atoms with Crippen molar-refractivity contribution in [1.82, 2.24) is 10.2 Å². The van der Waals surface area contributed by atoms with Crippen LogP contribution in [-0.2, 0) is 4.74 Å². The second kappa shape index (κ2) is 8.93. The number of carbonyl (C=O) groups excluding carboxylic acids is 2. The van der Waals surface area contributed by atoms with E-state index < -0.39 is 5.97 Å². The third-order valence-corrected chi connectivity index (χ3v) is 4.60. The van der Waals surface area contributed by atoms with E-state index in [9.17, 15) is 9.59 Å². The first-order chi connectivity index (χ1) is 13.0. The molecule has 3 rings (SSSR count). The van der Waals surface area contributed by atoms with Crippen molar-refractivity contribution in [2.24, 2.45) is 0 Å². The number of benzene rings is 2. The van der Waals surface area contributed by atoms with Gasteiger partial charge in [0.05, 0.1) is 12.1 Å². The monoisotopic (exact) mass is 404 g/mol. The van der Waals surface area contributed by atoms with Gasteiger partial charge >= 0.3 is 5.97 Å². The normalized spacial score (nSPS) is 14.9. The third-order valence-electron chi connectivity index (χ3n) is 4.10. The minimum absolute atomic E-state index is 0.112. The smallest absolute Gasteiger partial charge is 0.338 e. The van der Waals surface area contributed by atoms with Crippen molar-refractivity contribution in [2.45, 2.75) is 0 Å². The first-order valence-corrected chi connectivity index (χ1v) is 9.21. The highest BCUT2D eigenvalue weighted by Gasteiger charge is 2.18. The van der Waals surface area contributed by atoms with Gasteiger partial charge in [-0.1, -0.05) is 23.2 Å². The van der Waals surface area contributed by atoms with Crippen molar-refractivity contribution in [1.29, 1.82) is 0 Å². The van der Waals surface area contributed by atoms with Crippen molar-refractivity contribution >= 4 is 35.0 Å². The number of carbonyl (C=O) groups is 2. The molecule has 1 heterocycles. The summed E-state index contributed by atoms with van der Waals surface area (Å²) in [5, 5.41) is 4.33. The lowest BCUT2D eigenvalue weighted by Gasteiger charge is -2.18. The average molecular weight is 405 g/mol. The van der Waals surface area contributed by atoms with Gasteiger partial charge in [-0.3, -0.25) is 4.79 Å². The van der Waals surface area contributed by atoms with Crippen LogP contribution < -0.4 is 5.32 Å². The van der Waals surface area contributed by atoms with E-state index in [1.54, 1.807) is 54.6 Å². The first kappa shape index (κ1) is 19.3. The van der Waals surface area contributed by atoms with Crippen LogP contribution >= 0.6 is 23.2 Å². The highest BCUT2D eigenvalue weighted by atomic mass is 35.5. The van der Waals surface area contributed by atoms with Gasteiger partial charge in [-0.25, -0.2) is 4.79 Å². The van der Waals surface area contributed by atoms with Crippen LogP contribution in [0.2, 0.25) is 10.0 Å². The number of ketones is 1. The molecule has 0 aliphatic carbocycles. The molecule has 27 heavy (non-hydrogen) atoms. The lowest BCUT2D eigenvalue weighted by atomic mass is 10.1. The van der Waals surface area contributed by atoms with E-state index in [1.807, 2.05) is 4.90 Å². The molecule has 0 atom stereocenters. The predicted octanol–water partition coefficient (Wildman–Crippen LogP) is 3.78. The van der Waals surface area contributed by atoms with Gasteiger partial charge in [0, 0.05) is 34.8 Å². The fraction of sp³-hybridized carbons (Fsp3) is 0.200. The maximum absolute atomic E-state index is 12.4. The summed E-state index contributed by atoms with van der Waals surface area (Å²) in [6.45, 7) is 2.17. The van der Waals surface area contributed by atoms with Crippen LogP contribution in [0, 0.1) is 0 Å². The molecule has 0 amide bonds. The van der Waals surface area contributed by atoms with Gasteiger partial charge in [0.1, 0.15) is 12.4 Å². The number of esters is 1. The van der Waals surface area contributed by atoms with Crippen molar-refractivity contribution in [3.63, 3.8) is 0 Å². The molecule has 2 aromatic rings. The van der Waals surface area contributed by atoms with Crippen LogP contribution in [0.4, 0.5) is 0 Å². The topological polar surface area (TPSA) is 58.6 Å². The molecular formula is C20H18Cl2N2O3. The Bertz CT molecular complexity index is 849. The molecule has 1 saturated heterocycles. The zero-order chi connectivity index (χ0) is 19.2. The molecule has 0 saturated carbocycles. The molecule has 7 heteroatoms. The standard InChI is InChI=1S/C20H18Cl2N2O3/c21-16-5-1-14(2-6-16)18(25)13-19-23-9-10-24(19)11-12-27-20(26)15-3-7-17(22)8-4-15/h1-8,13,23H,9-12H2/b19-13+. The summed E-state index contributed by atoms with van der Waals surface area (Å²) >= 11 is 11.7. The summed E-state index contributed by atoms with van der Waals surface area (Å²) in [5.41, 5.74) is 1.02. The molecule has 1 aliphatic heterocycles. The lowest BCUT2D eigenvalue weighted by molar-refractivity contribution is 0.0480. The van der Waals surface area contributed by atoms with E-state index in [4.69, 9.17) is 27.9 Å². The van der Waals surface area contributed by atoms with E-state index in [-0.39, 0.29) is 12.4 Å². The molecule has 1 fully saturated rings. The Morgan fingerprint density at radius 2 is 1.59 bits per heavy atom. The van der Waals surface area contributed by atoms with E-state index in [0.717, 1.165) is 18.9 Å². The molecule has 5 nitrogen and oxygen atoms in total. The molecule has 0 unspecified atom stereocenters. The molecule has 140 valence electrons. The van der Waals surface area contributed by atoms with E-state index in [1.165, 1.54) is 0 Å². The highest BCUT2D eigenvalue weighted by molar-refractivity contribution is 6.31. The van der Waals surface area contributed by atoms with Gasteiger partial charge in [-0.15, -0.1) is 0 Å². The molecule has 0 aromatic heterocycles. The minimum atomic E-state index is -0.401. The fourth-order valence-electron chi connectivity index (χ4n) is 2.67. The SMILES string of the molecule is O=C(/C=C1\NCCN1CCOC(=O)c1ccc(Cl)cc1)c1ccc(Cl)cc1. The number of nitrogens with zero attached hydrogens (tertiary/aromatic N) is 1. The average Bonchev–Trinajstić information content (AvgIpc) is 3.09. The van der Waals surface area contributed by atoms with Crippen LogP contribution in [-0.4, -0.2) is 42.9 Å². The van der Waals surface area contributed by atoms with Gasteiger partial charge in [-0.05, 0) is 48.5 Å². The van der Waals surface area contributed by atoms with E-state index in [2.05, 4.69) is 5.32 Å². The Hall–Kier alpha value is -2.50. The number of halogens is 2. The van der Waals surface area contributed by atoms with Gasteiger partial charge in [0.2, 0.25) is 0 Å². The fourth-order valence-corrected chi connectivity index (χ4v) is 2.92. The van der Waals surface area contributed by atoms with Crippen molar-refractivity contribution < 1.29 is 14.3 Å². The second-order valence-electron chi connectivity index (χ2n) is 5.96.